The Morgan fingerprint density at radius 3 is 1.73 bits per heavy atom. The standard InChI is InChI=1S/C6H5ClFIN2.C6H6FIN2O.C6H7FN2O.C6H9FO3.CH4N2.Cl2OS.ClI/c1-3(8)5-4(9)6(7)11-2-10-5;1-3(7)5-4(8)6(11)10-2-9-5;1-4(7)5-2-6(10)9-3-8-5;1-4(7)5(8)3-6(9)10-2;2-1-3;1-4(2)3;1-2/h2-3H,1H3;2-3H,1H3,(H,9,10,11);2-4H,1H3,(H,8,9,10);4H,3H2,1-2H3;1H,(H3,2,3);;. The molecule has 4 unspecified atom stereocenters. The van der Waals surface area contributed by atoms with Crippen LogP contribution in [0.1, 0.15) is 69.7 Å². The molecule has 3 aromatic heterocycles. The lowest BCUT2D eigenvalue weighted by Gasteiger charge is -2.03. The largest absolute Gasteiger partial charge is 0.469 e. The Balaban J connectivity index is -0.000000268. The van der Waals surface area contributed by atoms with Gasteiger partial charge in [-0.25, -0.2) is 41.7 Å². The molecule has 3 heterocycles. The zero-order valence-electron chi connectivity index (χ0n) is 26.8. The van der Waals surface area contributed by atoms with E-state index in [4.69, 9.17) is 21.2 Å². The first-order chi connectivity index (χ1) is 23.7. The second-order valence-electron chi connectivity index (χ2n) is 8.16. The highest BCUT2D eigenvalue weighted by Crippen LogP contribution is 2.24. The minimum absolute atomic E-state index is 0.170. The van der Waals surface area contributed by atoms with E-state index < -0.39 is 52.1 Å². The van der Waals surface area contributed by atoms with Crippen LogP contribution in [0.5, 0.6) is 0 Å². The zero-order valence-corrected chi connectivity index (χ0v) is 37.1. The van der Waals surface area contributed by atoms with Crippen molar-refractivity contribution >= 4 is 136 Å². The summed E-state index contributed by atoms with van der Waals surface area (Å²) in [4.78, 5) is 61.6. The number of halogens is 11. The molecule has 0 aliphatic rings. The van der Waals surface area contributed by atoms with E-state index in [1.807, 2.05) is 22.6 Å². The maximum Gasteiger partial charge on any atom is 0.313 e. The van der Waals surface area contributed by atoms with Crippen LogP contribution in [0.15, 0.2) is 34.6 Å². The first-order valence-corrected chi connectivity index (χ1v) is 20.9. The topological polar surface area (TPSA) is 228 Å². The number of methoxy groups -OCH3 is 1. The molecule has 0 saturated heterocycles. The van der Waals surface area contributed by atoms with Gasteiger partial charge in [0.1, 0.15) is 40.0 Å². The molecular weight excluding hydrogens is 1140 g/mol. The van der Waals surface area contributed by atoms with Crippen LogP contribution in [-0.2, 0) is 23.6 Å². The average molecular weight is 1170 g/mol. The summed E-state index contributed by atoms with van der Waals surface area (Å²) in [5.41, 5.74) is 4.50. The quantitative estimate of drug-likeness (QED) is 0.0274. The predicted molar refractivity (Wildman–Crippen MR) is 216 cm³/mol. The monoisotopic (exact) mass is 1170 g/mol. The Bertz CT molecular complexity index is 1580. The third-order valence-corrected chi connectivity index (χ3v) is 7.16. The number of rotatable bonds is 6. The summed E-state index contributed by atoms with van der Waals surface area (Å²) < 4.78 is 63.9. The van der Waals surface area contributed by atoms with Crippen LogP contribution in [0, 0.1) is 12.5 Å². The lowest BCUT2D eigenvalue weighted by Crippen LogP contribution is -2.16. The van der Waals surface area contributed by atoms with Crippen molar-refractivity contribution in [2.75, 3.05) is 7.11 Å². The summed E-state index contributed by atoms with van der Waals surface area (Å²) in [6.45, 7) is 5.19. The lowest BCUT2D eigenvalue weighted by molar-refractivity contribution is -0.144. The van der Waals surface area contributed by atoms with E-state index >= 15 is 0 Å². The van der Waals surface area contributed by atoms with Crippen LogP contribution < -0.4 is 16.9 Å². The minimum Gasteiger partial charge on any atom is -0.469 e. The third kappa shape index (κ3) is 30.8. The highest BCUT2D eigenvalue weighted by molar-refractivity contribution is 14.1. The number of hydrogen-bond acceptors (Lipinski definition) is 11. The van der Waals surface area contributed by atoms with Crippen molar-refractivity contribution in [1.29, 1.82) is 5.41 Å². The summed E-state index contributed by atoms with van der Waals surface area (Å²) in [6, 6.07) is 1.14. The molecule has 0 saturated carbocycles. The van der Waals surface area contributed by atoms with Gasteiger partial charge in [-0.05, 0) is 81.8 Å². The van der Waals surface area contributed by atoms with E-state index in [0.717, 1.165) is 26.4 Å². The molecule has 0 aromatic carbocycles. The molecule has 0 fully saturated rings. The number of aromatic nitrogens is 6. The normalized spacial score (nSPS) is 11.6. The lowest BCUT2D eigenvalue weighted by atomic mass is 10.2. The Labute approximate surface area is 350 Å². The van der Waals surface area contributed by atoms with E-state index in [1.165, 1.54) is 39.8 Å². The highest BCUT2D eigenvalue weighted by atomic mass is 127. The van der Waals surface area contributed by atoms with Crippen LogP contribution in [0.25, 0.3) is 0 Å². The summed E-state index contributed by atoms with van der Waals surface area (Å²) in [7, 11) is 13.1. The van der Waals surface area contributed by atoms with Crippen molar-refractivity contribution in [3.63, 3.8) is 0 Å². The van der Waals surface area contributed by atoms with Crippen LogP contribution in [-0.4, -0.2) is 65.5 Å². The van der Waals surface area contributed by atoms with E-state index in [1.54, 1.807) is 44.1 Å². The fourth-order valence-corrected chi connectivity index (χ4v) is 3.84. The molecule has 3 aromatic rings. The van der Waals surface area contributed by atoms with Gasteiger partial charge in [-0.15, -0.1) is 0 Å². The fraction of sp³-hybridized carbons (Fsp3) is 0.400. The minimum atomic E-state index is -1.67. The van der Waals surface area contributed by atoms with Crippen molar-refractivity contribution in [3.05, 3.63) is 75.1 Å². The second-order valence-corrected chi connectivity index (χ2v) is 13.2. The number of carbonyl (C=O) groups is 2. The van der Waals surface area contributed by atoms with Crippen LogP contribution >= 0.6 is 109 Å². The van der Waals surface area contributed by atoms with Crippen molar-refractivity contribution in [3.8, 4) is 0 Å². The average Bonchev–Trinajstić information content (AvgIpc) is 3.05. The smallest absolute Gasteiger partial charge is 0.313 e. The molecule has 0 aliphatic heterocycles. The van der Waals surface area contributed by atoms with Gasteiger partial charge in [0.25, 0.3) is 11.1 Å². The van der Waals surface area contributed by atoms with Crippen LogP contribution in [0.3, 0.4) is 0 Å². The maximum atomic E-state index is 12.7. The molecular formula is C25H31Cl4F4I3N8O6S. The molecule has 26 heteroatoms. The maximum absolute atomic E-state index is 12.7. The number of nitrogens with zero attached hydrogens (tertiary/aromatic N) is 4. The molecule has 290 valence electrons. The number of Topliss-reactive ketones (excluding diaryl/α,β-unsaturated/α-hetero) is 1. The Kier molecular flexibility index (Phi) is 38.1. The van der Waals surface area contributed by atoms with Gasteiger partial charge in [-0.3, -0.25) is 24.6 Å². The number of H-pyrrole nitrogens is 2. The van der Waals surface area contributed by atoms with Crippen molar-refractivity contribution in [1.82, 2.24) is 29.9 Å². The first kappa shape index (κ1) is 56.4. The molecule has 5 N–H and O–H groups in total. The first-order valence-electron chi connectivity index (χ1n) is 12.9. The third-order valence-electron chi connectivity index (χ3n) is 4.45. The van der Waals surface area contributed by atoms with Gasteiger partial charge in [-0.2, -0.15) is 0 Å². The molecule has 0 aliphatic carbocycles. The van der Waals surface area contributed by atoms with Crippen LogP contribution in [0.2, 0.25) is 5.15 Å². The number of alkyl halides is 4. The number of ketones is 1. The number of carbonyl (C=O) groups excluding carboxylic acids is 2. The van der Waals surface area contributed by atoms with Gasteiger partial charge in [-0.1, -0.05) is 11.6 Å². The SMILES string of the molecule is CC(F)c1cc(=O)[nH]cn1.CC(F)c1nc[nH]c(=O)c1I.CC(F)c1ncnc(Cl)c1I.COC(=O)CC(=O)C(C)F.ClI.N=CN.O=S(Cl)Cl. The summed E-state index contributed by atoms with van der Waals surface area (Å²) in [5, 5.41) is 6.17. The molecule has 0 radical (unpaired) electrons. The van der Waals surface area contributed by atoms with E-state index in [9.17, 15) is 36.7 Å². The van der Waals surface area contributed by atoms with Crippen LogP contribution in [0.4, 0.5) is 17.6 Å². The summed E-state index contributed by atoms with van der Waals surface area (Å²) >= 11 is 11.0. The van der Waals surface area contributed by atoms with Gasteiger partial charge >= 0.3 is 5.97 Å². The molecule has 0 amide bonds. The van der Waals surface area contributed by atoms with Gasteiger partial charge in [0.15, 0.2) is 12.0 Å². The van der Waals surface area contributed by atoms with Gasteiger partial charge in [0, 0.05) is 48.9 Å². The second kappa shape index (κ2) is 34.4. The molecule has 4 atom stereocenters. The van der Waals surface area contributed by atoms with Gasteiger partial charge in [0.05, 0.1) is 46.8 Å². The summed E-state index contributed by atoms with van der Waals surface area (Å²) in [5.74, 6) is -1.44. The Morgan fingerprint density at radius 2 is 1.39 bits per heavy atom. The Morgan fingerprint density at radius 1 is 0.941 bits per heavy atom. The zero-order chi connectivity index (χ0) is 40.9. The molecule has 14 nitrogen and oxygen atoms in total. The predicted octanol–water partition coefficient (Wildman–Crippen LogP) is 7.62. The summed E-state index contributed by atoms with van der Waals surface area (Å²) in [6.07, 6.45) is -1.12. The van der Waals surface area contributed by atoms with E-state index in [2.05, 4.69) is 70.6 Å². The molecule has 0 bridgehead atoms. The van der Waals surface area contributed by atoms with Gasteiger partial charge in [0.2, 0.25) is 9.23 Å². The number of nitrogens with one attached hydrogen (secondary N) is 3. The molecule has 51 heavy (non-hydrogen) atoms. The number of ether oxygens (including phenoxy) is 1. The number of esters is 1. The number of nitrogens with two attached hydrogens (primary N) is 1. The number of hydrogen-bond donors (Lipinski definition) is 4. The Hall–Kier alpha value is -1.33. The van der Waals surface area contributed by atoms with E-state index in [0.29, 0.717) is 18.0 Å². The molecule has 3 rings (SSSR count). The van der Waals surface area contributed by atoms with E-state index in [-0.39, 0.29) is 22.5 Å². The van der Waals surface area contributed by atoms with Gasteiger partial charge < -0.3 is 20.4 Å². The molecule has 0 spiro atoms. The highest BCUT2D eigenvalue weighted by Gasteiger charge is 2.15. The fourth-order valence-electron chi connectivity index (χ4n) is 2.27. The van der Waals surface area contributed by atoms with Crippen molar-refractivity contribution in [2.24, 2.45) is 5.73 Å². The van der Waals surface area contributed by atoms with Crippen molar-refractivity contribution in [2.45, 2.75) is 58.8 Å². The number of aromatic amines is 2. The van der Waals surface area contributed by atoms with Crippen molar-refractivity contribution < 1.29 is 36.1 Å².